The standard InChI is InChI=1S/C30H26N2O8S/c1-18-25(29(35)39-16-15-36-2)26(19-10-12-21(13-11-19)40-28(34)23-9-6-14-38-23)32-27(33)24(41-30(32)31-18)17-20-7-4-5-8-22(20)37-3/h4-14,17,26H,15-16H2,1-3H3/b24-17-/t26-/m1/s1. The van der Waals surface area contributed by atoms with Gasteiger partial charge >= 0.3 is 11.9 Å². The minimum absolute atomic E-state index is 0.0404. The van der Waals surface area contributed by atoms with Gasteiger partial charge in [0.1, 0.15) is 18.1 Å². The van der Waals surface area contributed by atoms with Crippen LogP contribution in [0.4, 0.5) is 0 Å². The summed E-state index contributed by atoms with van der Waals surface area (Å²) in [5.74, 6) is -0.307. The molecule has 210 valence electrons. The highest BCUT2D eigenvalue weighted by Crippen LogP contribution is 2.32. The molecule has 0 amide bonds. The number of furan rings is 1. The summed E-state index contributed by atoms with van der Waals surface area (Å²) in [6, 6.07) is 16.2. The van der Waals surface area contributed by atoms with Crippen LogP contribution in [0, 0.1) is 0 Å². The number of carbonyl (C=O) groups is 2. The van der Waals surface area contributed by atoms with Crippen LogP contribution in [-0.4, -0.2) is 43.9 Å². The van der Waals surface area contributed by atoms with E-state index in [2.05, 4.69) is 4.99 Å². The molecule has 41 heavy (non-hydrogen) atoms. The Balaban J connectivity index is 1.58. The predicted octanol–water partition coefficient (Wildman–Crippen LogP) is 3.25. The van der Waals surface area contributed by atoms with Crippen LogP contribution in [0.15, 0.2) is 92.4 Å². The van der Waals surface area contributed by atoms with E-state index in [9.17, 15) is 14.4 Å². The van der Waals surface area contributed by atoms with Crippen molar-refractivity contribution in [3.63, 3.8) is 0 Å². The quantitative estimate of drug-likeness (QED) is 0.170. The predicted molar refractivity (Wildman–Crippen MR) is 150 cm³/mol. The van der Waals surface area contributed by atoms with Gasteiger partial charge in [0.2, 0.25) is 5.76 Å². The number of carbonyl (C=O) groups excluding carboxylic acids is 2. The molecule has 0 spiro atoms. The molecule has 0 radical (unpaired) electrons. The number of hydrogen-bond donors (Lipinski definition) is 0. The molecule has 1 aliphatic rings. The second-order valence-electron chi connectivity index (χ2n) is 8.89. The summed E-state index contributed by atoms with van der Waals surface area (Å²) in [7, 11) is 3.07. The van der Waals surface area contributed by atoms with Gasteiger partial charge < -0.3 is 23.4 Å². The molecule has 10 nitrogen and oxygen atoms in total. The van der Waals surface area contributed by atoms with Gasteiger partial charge in [-0.2, -0.15) is 0 Å². The lowest BCUT2D eigenvalue weighted by Crippen LogP contribution is -2.40. The third kappa shape index (κ3) is 5.76. The van der Waals surface area contributed by atoms with Gasteiger partial charge in [-0.05, 0) is 48.9 Å². The molecule has 11 heteroatoms. The zero-order valence-electron chi connectivity index (χ0n) is 22.5. The number of fused-ring (bicyclic) bond motifs is 1. The molecule has 0 unspecified atom stereocenters. The number of ether oxygens (including phenoxy) is 4. The zero-order valence-corrected chi connectivity index (χ0v) is 23.3. The van der Waals surface area contributed by atoms with Crippen molar-refractivity contribution in [1.82, 2.24) is 4.57 Å². The first-order valence-corrected chi connectivity index (χ1v) is 13.4. The van der Waals surface area contributed by atoms with Crippen LogP contribution < -0.4 is 24.4 Å². The smallest absolute Gasteiger partial charge is 0.379 e. The lowest BCUT2D eigenvalue weighted by Gasteiger charge is -2.25. The van der Waals surface area contributed by atoms with E-state index in [4.69, 9.17) is 23.4 Å². The first-order chi connectivity index (χ1) is 19.9. The number of thiazole rings is 1. The summed E-state index contributed by atoms with van der Waals surface area (Å²) in [4.78, 5) is 44.5. The molecule has 5 rings (SSSR count). The third-order valence-corrected chi connectivity index (χ3v) is 7.30. The van der Waals surface area contributed by atoms with Crippen LogP contribution in [-0.2, 0) is 14.3 Å². The summed E-state index contributed by atoms with van der Waals surface area (Å²) in [5, 5.41) is 0. The van der Waals surface area contributed by atoms with Crippen molar-refractivity contribution in [2.24, 2.45) is 4.99 Å². The fourth-order valence-corrected chi connectivity index (χ4v) is 5.43. The Morgan fingerprint density at radius 2 is 1.80 bits per heavy atom. The molecule has 3 heterocycles. The number of aromatic nitrogens is 1. The molecule has 2 aromatic carbocycles. The number of hydrogen-bond acceptors (Lipinski definition) is 10. The van der Waals surface area contributed by atoms with Crippen molar-refractivity contribution < 1.29 is 33.0 Å². The van der Waals surface area contributed by atoms with Crippen LogP contribution in [0.25, 0.3) is 6.08 Å². The highest BCUT2D eigenvalue weighted by Gasteiger charge is 2.33. The van der Waals surface area contributed by atoms with Crippen molar-refractivity contribution in [2.45, 2.75) is 13.0 Å². The number of allylic oxidation sites excluding steroid dienone is 1. The van der Waals surface area contributed by atoms with Gasteiger partial charge in [0.25, 0.3) is 5.56 Å². The monoisotopic (exact) mass is 574 g/mol. The Hall–Kier alpha value is -4.74. The van der Waals surface area contributed by atoms with E-state index >= 15 is 0 Å². The van der Waals surface area contributed by atoms with Crippen molar-refractivity contribution in [1.29, 1.82) is 0 Å². The Morgan fingerprint density at radius 3 is 2.51 bits per heavy atom. The lowest BCUT2D eigenvalue weighted by molar-refractivity contribution is -0.140. The molecular weight excluding hydrogens is 548 g/mol. The zero-order chi connectivity index (χ0) is 28.9. The van der Waals surface area contributed by atoms with Crippen molar-refractivity contribution in [3.05, 3.63) is 115 Å². The van der Waals surface area contributed by atoms with Crippen LogP contribution in [0.3, 0.4) is 0 Å². The van der Waals surface area contributed by atoms with E-state index in [-0.39, 0.29) is 35.9 Å². The summed E-state index contributed by atoms with van der Waals surface area (Å²) < 4.78 is 28.3. The van der Waals surface area contributed by atoms with Crippen LogP contribution in [0.1, 0.15) is 34.6 Å². The van der Waals surface area contributed by atoms with Crippen molar-refractivity contribution in [3.8, 4) is 11.5 Å². The molecule has 1 aliphatic heterocycles. The first kappa shape index (κ1) is 27.8. The Kier molecular flexibility index (Phi) is 8.27. The molecule has 0 saturated carbocycles. The highest BCUT2D eigenvalue weighted by atomic mass is 32.1. The number of rotatable bonds is 9. The Bertz CT molecular complexity index is 1780. The van der Waals surface area contributed by atoms with Gasteiger partial charge in [0.15, 0.2) is 4.80 Å². The summed E-state index contributed by atoms with van der Waals surface area (Å²) >= 11 is 1.21. The van der Waals surface area contributed by atoms with Gasteiger partial charge in [-0.25, -0.2) is 14.6 Å². The van der Waals surface area contributed by atoms with Crippen LogP contribution in [0.2, 0.25) is 0 Å². The lowest BCUT2D eigenvalue weighted by atomic mass is 9.96. The topological polar surface area (TPSA) is 119 Å². The van der Waals surface area contributed by atoms with E-state index in [1.54, 1.807) is 50.4 Å². The summed E-state index contributed by atoms with van der Waals surface area (Å²) in [6.07, 6.45) is 3.12. The maximum absolute atomic E-state index is 13.8. The number of esters is 2. The molecular formula is C30H26N2O8S. The summed E-state index contributed by atoms with van der Waals surface area (Å²) in [5.41, 5.74) is 1.65. The van der Waals surface area contributed by atoms with Crippen molar-refractivity contribution in [2.75, 3.05) is 27.4 Å². The fraction of sp³-hybridized carbons (Fsp3) is 0.200. The molecule has 0 saturated heterocycles. The number of nitrogens with zero attached hydrogens (tertiary/aromatic N) is 2. The second-order valence-corrected chi connectivity index (χ2v) is 9.90. The van der Waals surface area contributed by atoms with E-state index < -0.39 is 18.0 Å². The first-order valence-electron chi connectivity index (χ1n) is 12.6. The number of methoxy groups -OCH3 is 2. The summed E-state index contributed by atoms with van der Waals surface area (Å²) in [6.45, 7) is 1.97. The largest absolute Gasteiger partial charge is 0.496 e. The fourth-order valence-electron chi connectivity index (χ4n) is 4.39. The highest BCUT2D eigenvalue weighted by molar-refractivity contribution is 7.07. The van der Waals surface area contributed by atoms with Gasteiger partial charge in [-0.15, -0.1) is 0 Å². The van der Waals surface area contributed by atoms with Gasteiger partial charge in [0, 0.05) is 12.7 Å². The molecule has 0 fully saturated rings. The second kappa shape index (κ2) is 12.2. The van der Waals surface area contributed by atoms with Gasteiger partial charge in [-0.3, -0.25) is 9.36 Å². The average Bonchev–Trinajstić information content (AvgIpc) is 3.62. The van der Waals surface area contributed by atoms with Crippen LogP contribution in [0.5, 0.6) is 11.5 Å². The molecule has 1 atom stereocenters. The molecule has 0 N–H and O–H groups in total. The van der Waals surface area contributed by atoms with E-state index in [0.29, 0.717) is 26.3 Å². The molecule has 2 aromatic heterocycles. The minimum atomic E-state index is -0.837. The SMILES string of the molecule is COCCOC(=O)C1=C(C)N=c2s/c(=C\c3ccccc3OC)c(=O)n2[C@@H]1c1ccc(OC(=O)c2ccco2)cc1. The normalized spacial score (nSPS) is 14.8. The molecule has 0 aliphatic carbocycles. The van der Waals surface area contributed by atoms with E-state index in [1.165, 1.54) is 35.3 Å². The number of para-hydroxylation sites is 1. The maximum atomic E-state index is 13.8. The molecule has 4 aromatic rings. The van der Waals surface area contributed by atoms with E-state index in [1.807, 2.05) is 24.3 Å². The Morgan fingerprint density at radius 1 is 1.02 bits per heavy atom. The minimum Gasteiger partial charge on any atom is -0.496 e. The van der Waals surface area contributed by atoms with Crippen LogP contribution >= 0.6 is 11.3 Å². The third-order valence-electron chi connectivity index (χ3n) is 6.32. The van der Waals surface area contributed by atoms with Crippen molar-refractivity contribution >= 4 is 29.4 Å². The Labute approximate surface area is 238 Å². The number of benzene rings is 2. The van der Waals surface area contributed by atoms with E-state index in [0.717, 1.165) is 5.56 Å². The van der Waals surface area contributed by atoms with Gasteiger partial charge in [-0.1, -0.05) is 41.7 Å². The molecule has 0 bridgehead atoms. The maximum Gasteiger partial charge on any atom is 0.379 e. The van der Waals surface area contributed by atoms with Gasteiger partial charge in [0.05, 0.1) is 41.8 Å². The average molecular weight is 575 g/mol.